The van der Waals surface area contributed by atoms with Gasteiger partial charge in [-0.15, -0.1) is 0 Å². The van der Waals surface area contributed by atoms with E-state index >= 15 is 0 Å². The molecule has 1 aliphatic carbocycles. The van der Waals surface area contributed by atoms with E-state index in [2.05, 4.69) is 16.2 Å². The molecule has 4 heteroatoms. The van der Waals surface area contributed by atoms with Crippen LogP contribution in [0.3, 0.4) is 0 Å². The quantitative estimate of drug-likeness (QED) is 0.792. The molecule has 0 aliphatic heterocycles. The highest BCUT2D eigenvalue weighted by molar-refractivity contribution is 6.13. The molecule has 0 heterocycles. The van der Waals surface area contributed by atoms with Crippen molar-refractivity contribution >= 4 is 23.4 Å². The predicted molar refractivity (Wildman–Crippen MR) is 65.4 cm³/mol. The summed E-state index contributed by atoms with van der Waals surface area (Å²) in [5.41, 5.74) is 2.15. The molecule has 86 valence electrons. The van der Waals surface area contributed by atoms with E-state index in [-0.39, 0.29) is 5.91 Å². The minimum atomic E-state index is -0.0277. The van der Waals surface area contributed by atoms with Crippen molar-refractivity contribution in [2.75, 3.05) is 11.9 Å². The predicted octanol–water partition coefficient (Wildman–Crippen LogP) is 2.49. The summed E-state index contributed by atoms with van der Waals surface area (Å²) in [5.74, 6) is 1.09. The molecule has 0 bridgehead atoms. The second-order valence-corrected chi connectivity index (χ2v) is 4.48. The summed E-state index contributed by atoms with van der Waals surface area (Å²) >= 11 is 5.49. The number of halogens is 1. The Labute approximate surface area is 100 Å². The highest BCUT2D eigenvalue weighted by atomic mass is 35.5. The lowest BCUT2D eigenvalue weighted by molar-refractivity contribution is -0.114. The zero-order valence-electron chi connectivity index (χ0n) is 9.16. The maximum Gasteiger partial charge on any atom is 0.221 e. The first-order chi connectivity index (χ1) is 7.72. The highest BCUT2D eigenvalue weighted by Gasteiger charge is 2.38. The number of hydrogen-bond acceptors (Lipinski definition) is 2. The smallest absolute Gasteiger partial charge is 0.221 e. The van der Waals surface area contributed by atoms with E-state index in [9.17, 15) is 4.79 Å². The normalized spacial score (nSPS) is 22.9. The first kappa shape index (κ1) is 11.4. The van der Waals surface area contributed by atoms with E-state index in [0.29, 0.717) is 11.8 Å². The Hall–Kier alpha value is -1.06. The molecule has 2 unspecified atom stereocenters. The van der Waals surface area contributed by atoms with Gasteiger partial charge in [0.2, 0.25) is 5.91 Å². The van der Waals surface area contributed by atoms with Gasteiger partial charge in [0.05, 0.1) is 0 Å². The van der Waals surface area contributed by atoms with Gasteiger partial charge in [-0.2, -0.15) is 0 Å². The zero-order valence-corrected chi connectivity index (χ0v) is 9.92. The molecule has 2 atom stereocenters. The van der Waals surface area contributed by atoms with Gasteiger partial charge in [0.15, 0.2) is 0 Å². The molecule has 1 amide bonds. The molecule has 1 aromatic carbocycles. The van der Waals surface area contributed by atoms with Gasteiger partial charge in [-0.25, -0.2) is 4.84 Å². The van der Waals surface area contributed by atoms with Gasteiger partial charge < -0.3 is 5.32 Å². The summed E-state index contributed by atoms with van der Waals surface area (Å²) in [5, 5.41) is 2.87. The third-order valence-corrected chi connectivity index (χ3v) is 3.09. The summed E-state index contributed by atoms with van der Waals surface area (Å²) in [6, 6.07) is 7.96. The number of para-hydroxylation sites is 1. The van der Waals surface area contributed by atoms with E-state index in [4.69, 9.17) is 11.8 Å². The summed E-state index contributed by atoms with van der Waals surface area (Å²) < 4.78 is 0. The number of benzene rings is 1. The lowest BCUT2D eigenvalue weighted by Crippen LogP contribution is -2.09. The molecule has 1 saturated carbocycles. The molecular formula is C12H15ClN2O. The fraction of sp³-hybridized carbons (Fsp3) is 0.417. The van der Waals surface area contributed by atoms with Crippen molar-refractivity contribution in [1.29, 1.82) is 0 Å². The fourth-order valence-electron chi connectivity index (χ4n) is 2.08. The minimum Gasteiger partial charge on any atom is -0.326 e. The van der Waals surface area contributed by atoms with Crippen LogP contribution in [0.5, 0.6) is 0 Å². The number of anilines is 1. The third kappa shape index (κ3) is 2.54. The number of rotatable bonds is 4. The van der Waals surface area contributed by atoms with Crippen LogP contribution in [0.4, 0.5) is 5.69 Å². The van der Waals surface area contributed by atoms with Crippen molar-refractivity contribution in [3.63, 3.8) is 0 Å². The van der Waals surface area contributed by atoms with Crippen LogP contribution >= 0.6 is 11.8 Å². The minimum absolute atomic E-state index is 0.0277. The fourth-order valence-corrected chi connectivity index (χ4v) is 2.28. The molecule has 2 rings (SSSR count). The second kappa shape index (κ2) is 4.85. The van der Waals surface area contributed by atoms with Gasteiger partial charge in [-0.3, -0.25) is 4.79 Å². The van der Waals surface area contributed by atoms with Crippen molar-refractivity contribution in [2.45, 2.75) is 19.3 Å². The average Bonchev–Trinajstić information content (AvgIpc) is 2.98. The topological polar surface area (TPSA) is 41.1 Å². The lowest BCUT2D eigenvalue weighted by Gasteiger charge is -2.09. The van der Waals surface area contributed by atoms with Crippen LogP contribution in [0.1, 0.15) is 24.8 Å². The van der Waals surface area contributed by atoms with Crippen LogP contribution in [0, 0.1) is 5.92 Å². The number of amides is 1. The molecule has 16 heavy (non-hydrogen) atoms. The second-order valence-electron chi connectivity index (χ2n) is 4.21. The van der Waals surface area contributed by atoms with Crippen molar-refractivity contribution in [3.05, 3.63) is 29.8 Å². The van der Waals surface area contributed by atoms with Gasteiger partial charge in [0.1, 0.15) is 0 Å². The molecule has 0 aromatic heterocycles. The number of hydrogen-bond donors (Lipinski definition) is 2. The van der Waals surface area contributed by atoms with Gasteiger partial charge >= 0.3 is 0 Å². The zero-order chi connectivity index (χ0) is 11.5. The maximum absolute atomic E-state index is 11.1. The summed E-state index contributed by atoms with van der Waals surface area (Å²) in [6.07, 6.45) is 1.14. The summed E-state index contributed by atoms with van der Waals surface area (Å²) in [7, 11) is 0. The van der Waals surface area contributed by atoms with Gasteiger partial charge in [-0.05, 0) is 41.7 Å². The number of carbonyl (C=O) groups is 1. The Kier molecular flexibility index (Phi) is 3.46. The van der Waals surface area contributed by atoms with Crippen LogP contribution in [0.2, 0.25) is 0 Å². The van der Waals surface area contributed by atoms with Crippen molar-refractivity contribution < 1.29 is 4.79 Å². The standard InChI is InChI=1S/C12H15ClN2O/c1-8(16)15-12-5-3-2-4-10(12)11-6-9(11)7-14-13/h2-5,9,11,14H,6-7H2,1H3,(H,15,16). The van der Waals surface area contributed by atoms with E-state index in [1.807, 2.05) is 18.2 Å². The Morgan fingerprint density at radius 1 is 1.50 bits per heavy atom. The van der Waals surface area contributed by atoms with Crippen LogP contribution in [-0.4, -0.2) is 12.5 Å². The molecule has 1 aliphatic rings. The van der Waals surface area contributed by atoms with E-state index in [1.54, 1.807) is 0 Å². The molecule has 0 spiro atoms. The first-order valence-corrected chi connectivity index (χ1v) is 5.80. The van der Waals surface area contributed by atoms with E-state index in [0.717, 1.165) is 18.7 Å². The van der Waals surface area contributed by atoms with Crippen molar-refractivity contribution in [2.24, 2.45) is 5.92 Å². The van der Waals surface area contributed by atoms with Gasteiger partial charge in [-0.1, -0.05) is 18.2 Å². The number of nitrogens with one attached hydrogen (secondary N) is 2. The molecule has 0 saturated heterocycles. The van der Waals surface area contributed by atoms with Gasteiger partial charge in [0, 0.05) is 19.2 Å². The molecule has 0 radical (unpaired) electrons. The van der Waals surface area contributed by atoms with Gasteiger partial charge in [0.25, 0.3) is 0 Å². The Morgan fingerprint density at radius 3 is 2.94 bits per heavy atom. The average molecular weight is 239 g/mol. The van der Waals surface area contributed by atoms with Crippen molar-refractivity contribution in [1.82, 2.24) is 4.84 Å². The molecule has 1 fully saturated rings. The number of carbonyl (C=O) groups excluding carboxylic acids is 1. The molecule has 2 N–H and O–H groups in total. The lowest BCUT2D eigenvalue weighted by atomic mass is 10.1. The van der Waals surface area contributed by atoms with E-state index < -0.39 is 0 Å². The Bertz CT molecular complexity index is 394. The Balaban J connectivity index is 2.12. The van der Waals surface area contributed by atoms with Crippen LogP contribution in [0.25, 0.3) is 0 Å². The van der Waals surface area contributed by atoms with Crippen molar-refractivity contribution in [3.8, 4) is 0 Å². The summed E-state index contributed by atoms with van der Waals surface area (Å²) in [6.45, 7) is 2.35. The maximum atomic E-state index is 11.1. The Morgan fingerprint density at radius 2 is 2.25 bits per heavy atom. The largest absolute Gasteiger partial charge is 0.326 e. The van der Waals surface area contributed by atoms with Crippen LogP contribution in [0.15, 0.2) is 24.3 Å². The van der Waals surface area contributed by atoms with E-state index in [1.165, 1.54) is 12.5 Å². The van der Waals surface area contributed by atoms with Crippen LogP contribution < -0.4 is 10.2 Å². The highest BCUT2D eigenvalue weighted by Crippen LogP contribution is 2.49. The first-order valence-electron chi connectivity index (χ1n) is 5.42. The third-order valence-electron chi connectivity index (χ3n) is 2.93. The summed E-state index contributed by atoms with van der Waals surface area (Å²) in [4.78, 5) is 13.7. The monoisotopic (exact) mass is 238 g/mol. The SMILES string of the molecule is CC(=O)Nc1ccccc1C1CC1CNCl. The molecule has 1 aromatic rings. The molecule has 3 nitrogen and oxygen atoms in total. The van der Waals surface area contributed by atoms with Crippen LogP contribution in [-0.2, 0) is 4.79 Å². The molecular weight excluding hydrogens is 224 g/mol.